The maximum Gasteiger partial charge on any atom is 0.325 e. The molecule has 156 valence electrons. The molecule has 0 saturated carbocycles. The van der Waals surface area contributed by atoms with Crippen molar-refractivity contribution in [1.29, 1.82) is 0 Å². The molecule has 7 heteroatoms. The number of methoxy groups -OCH3 is 3. The van der Waals surface area contributed by atoms with Crippen LogP contribution in [0.1, 0.15) is 18.1 Å². The van der Waals surface area contributed by atoms with Gasteiger partial charge in [0.1, 0.15) is 23.8 Å². The molecule has 0 aromatic heterocycles. The lowest BCUT2D eigenvalue weighted by Crippen LogP contribution is -2.38. The summed E-state index contributed by atoms with van der Waals surface area (Å²) in [4.78, 5) is 26.0. The molecule has 2 aromatic carbocycles. The number of carbonyl (C=O) groups is 2. The van der Waals surface area contributed by atoms with Crippen molar-refractivity contribution in [3.05, 3.63) is 53.6 Å². The summed E-state index contributed by atoms with van der Waals surface area (Å²) in [6.45, 7) is 1.83. The molecule has 0 spiro atoms. The molecule has 0 bridgehead atoms. The number of benzene rings is 2. The molecule has 0 fully saturated rings. The first kappa shape index (κ1) is 22.1. The number of carbonyl (C=O) groups excluding carboxylic acids is 2. The number of aryl methyl sites for hydroxylation is 1. The second-order valence-electron chi connectivity index (χ2n) is 6.30. The smallest absolute Gasteiger partial charge is 0.325 e. The number of hydrogen-bond donors (Lipinski definition) is 0. The Hall–Kier alpha value is -3.22. The molecule has 0 atom stereocenters. The van der Waals surface area contributed by atoms with Gasteiger partial charge in [0.05, 0.1) is 21.3 Å². The summed E-state index contributed by atoms with van der Waals surface area (Å²) in [7, 11) is 4.39. The van der Waals surface area contributed by atoms with E-state index in [2.05, 4.69) is 0 Å². The summed E-state index contributed by atoms with van der Waals surface area (Å²) in [6.07, 6.45) is 0.792. The predicted molar refractivity (Wildman–Crippen MR) is 108 cm³/mol. The van der Waals surface area contributed by atoms with Crippen LogP contribution in [0.3, 0.4) is 0 Å². The second-order valence-corrected chi connectivity index (χ2v) is 6.30. The molecule has 29 heavy (non-hydrogen) atoms. The zero-order valence-corrected chi connectivity index (χ0v) is 17.3. The van der Waals surface area contributed by atoms with Crippen LogP contribution in [0.25, 0.3) is 0 Å². The molecule has 0 saturated heterocycles. The minimum absolute atomic E-state index is 0.181. The van der Waals surface area contributed by atoms with E-state index in [4.69, 9.17) is 18.9 Å². The van der Waals surface area contributed by atoms with Crippen molar-refractivity contribution in [2.75, 3.05) is 34.5 Å². The van der Waals surface area contributed by atoms with Gasteiger partial charge in [0.2, 0.25) is 0 Å². The van der Waals surface area contributed by atoms with E-state index in [9.17, 15) is 9.59 Å². The third kappa shape index (κ3) is 6.41. The standard InChI is InChI=1S/C22H27NO6/c1-5-17-8-6-7-9-20(17)29-15-21(24)23(14-22(25)28-4)13-16-10-18(26-2)12-19(11-16)27-3/h6-12H,5,13-15H2,1-4H3. The Kier molecular flexibility index (Phi) is 8.33. The fourth-order valence-electron chi connectivity index (χ4n) is 2.80. The lowest BCUT2D eigenvalue weighted by atomic mass is 10.1. The Balaban J connectivity index is 2.16. The first-order valence-corrected chi connectivity index (χ1v) is 9.27. The zero-order valence-electron chi connectivity index (χ0n) is 17.3. The number of esters is 1. The van der Waals surface area contributed by atoms with Crippen LogP contribution >= 0.6 is 0 Å². The largest absolute Gasteiger partial charge is 0.497 e. The van der Waals surface area contributed by atoms with Crippen LogP contribution in [0.5, 0.6) is 17.2 Å². The fraction of sp³-hybridized carbons (Fsp3) is 0.364. The molecule has 0 aliphatic carbocycles. The number of ether oxygens (including phenoxy) is 4. The van der Waals surface area contributed by atoms with E-state index in [-0.39, 0.29) is 25.6 Å². The molecule has 0 aliphatic heterocycles. The van der Waals surface area contributed by atoms with Crippen molar-refractivity contribution >= 4 is 11.9 Å². The van der Waals surface area contributed by atoms with E-state index in [1.165, 1.54) is 12.0 Å². The van der Waals surface area contributed by atoms with Crippen LogP contribution in [-0.2, 0) is 27.3 Å². The highest BCUT2D eigenvalue weighted by Gasteiger charge is 2.20. The summed E-state index contributed by atoms with van der Waals surface area (Å²) in [5, 5.41) is 0. The van der Waals surface area contributed by atoms with Gasteiger partial charge in [-0.05, 0) is 35.7 Å². The van der Waals surface area contributed by atoms with Gasteiger partial charge < -0.3 is 23.8 Å². The molecule has 2 aromatic rings. The molecule has 0 radical (unpaired) electrons. The van der Waals surface area contributed by atoms with Gasteiger partial charge in [0.15, 0.2) is 6.61 Å². The third-order valence-corrected chi connectivity index (χ3v) is 4.39. The van der Waals surface area contributed by atoms with Crippen molar-refractivity contribution in [1.82, 2.24) is 4.90 Å². The molecule has 0 aliphatic rings. The van der Waals surface area contributed by atoms with Crippen molar-refractivity contribution in [3.63, 3.8) is 0 Å². The highest BCUT2D eigenvalue weighted by molar-refractivity contribution is 5.83. The fourth-order valence-corrected chi connectivity index (χ4v) is 2.80. The van der Waals surface area contributed by atoms with Crippen molar-refractivity contribution < 1.29 is 28.5 Å². The predicted octanol–water partition coefficient (Wildman–Crippen LogP) is 2.85. The summed E-state index contributed by atoms with van der Waals surface area (Å²) >= 11 is 0. The van der Waals surface area contributed by atoms with Crippen molar-refractivity contribution in [3.8, 4) is 17.2 Å². The highest BCUT2D eigenvalue weighted by Crippen LogP contribution is 2.24. The monoisotopic (exact) mass is 401 g/mol. The zero-order chi connectivity index (χ0) is 21.2. The lowest BCUT2D eigenvalue weighted by Gasteiger charge is -2.22. The molecule has 0 N–H and O–H groups in total. The molecule has 0 heterocycles. The Labute approximate surface area is 171 Å². The molecular weight excluding hydrogens is 374 g/mol. The summed E-state index contributed by atoms with van der Waals surface area (Å²) in [5.74, 6) is 1.01. The highest BCUT2D eigenvalue weighted by atomic mass is 16.5. The van der Waals surface area contributed by atoms with Gasteiger partial charge in [-0.3, -0.25) is 9.59 Å². The number of para-hydroxylation sites is 1. The normalized spacial score (nSPS) is 10.2. The minimum atomic E-state index is -0.512. The second kappa shape index (κ2) is 10.9. The number of amides is 1. The first-order valence-electron chi connectivity index (χ1n) is 9.27. The van der Waals surface area contributed by atoms with Crippen LogP contribution in [0.2, 0.25) is 0 Å². The van der Waals surface area contributed by atoms with Gasteiger partial charge in [0, 0.05) is 12.6 Å². The maximum atomic E-state index is 12.8. The van der Waals surface area contributed by atoms with E-state index in [0.717, 1.165) is 17.5 Å². The average molecular weight is 401 g/mol. The van der Waals surface area contributed by atoms with E-state index in [1.807, 2.05) is 31.2 Å². The van der Waals surface area contributed by atoms with E-state index >= 15 is 0 Å². The summed E-state index contributed by atoms with van der Waals surface area (Å²) < 4.78 is 21.0. The first-order chi connectivity index (χ1) is 14.0. The third-order valence-electron chi connectivity index (χ3n) is 4.39. The van der Waals surface area contributed by atoms with Crippen LogP contribution < -0.4 is 14.2 Å². The van der Waals surface area contributed by atoms with Gasteiger partial charge >= 0.3 is 5.97 Å². The van der Waals surface area contributed by atoms with Crippen molar-refractivity contribution in [2.45, 2.75) is 19.9 Å². The molecule has 2 rings (SSSR count). The summed E-state index contributed by atoms with van der Waals surface area (Å²) in [5.41, 5.74) is 1.77. The Morgan fingerprint density at radius 3 is 2.21 bits per heavy atom. The van der Waals surface area contributed by atoms with Crippen LogP contribution in [-0.4, -0.2) is 51.3 Å². The Morgan fingerprint density at radius 2 is 1.62 bits per heavy atom. The van der Waals surface area contributed by atoms with E-state index < -0.39 is 5.97 Å². The average Bonchev–Trinajstić information content (AvgIpc) is 2.76. The summed E-state index contributed by atoms with van der Waals surface area (Å²) in [6, 6.07) is 12.9. The lowest BCUT2D eigenvalue weighted by molar-refractivity contribution is -0.148. The van der Waals surface area contributed by atoms with Crippen LogP contribution in [0, 0.1) is 0 Å². The molecule has 1 amide bonds. The molecule has 7 nitrogen and oxygen atoms in total. The quantitative estimate of drug-likeness (QED) is 0.570. The van der Waals surface area contributed by atoms with E-state index in [1.54, 1.807) is 32.4 Å². The van der Waals surface area contributed by atoms with Gasteiger partial charge in [0.25, 0.3) is 5.91 Å². The SMILES string of the molecule is CCc1ccccc1OCC(=O)N(CC(=O)OC)Cc1cc(OC)cc(OC)c1. The van der Waals surface area contributed by atoms with Crippen LogP contribution in [0.15, 0.2) is 42.5 Å². The topological polar surface area (TPSA) is 74.3 Å². The van der Waals surface area contributed by atoms with E-state index in [0.29, 0.717) is 17.2 Å². The van der Waals surface area contributed by atoms with Gasteiger partial charge in [-0.15, -0.1) is 0 Å². The van der Waals surface area contributed by atoms with Crippen LogP contribution in [0.4, 0.5) is 0 Å². The number of nitrogens with zero attached hydrogens (tertiary/aromatic N) is 1. The van der Waals surface area contributed by atoms with Gasteiger partial charge in [-0.1, -0.05) is 25.1 Å². The van der Waals surface area contributed by atoms with Gasteiger partial charge in [-0.2, -0.15) is 0 Å². The number of hydrogen-bond acceptors (Lipinski definition) is 6. The Morgan fingerprint density at radius 1 is 0.966 bits per heavy atom. The molecular formula is C22H27NO6. The molecule has 0 unspecified atom stereocenters. The van der Waals surface area contributed by atoms with Crippen molar-refractivity contribution in [2.24, 2.45) is 0 Å². The minimum Gasteiger partial charge on any atom is -0.497 e. The Bertz CT molecular complexity index is 814. The maximum absolute atomic E-state index is 12.8. The van der Waals surface area contributed by atoms with Gasteiger partial charge in [-0.25, -0.2) is 0 Å². The number of rotatable bonds is 10.